The Morgan fingerprint density at radius 1 is 1.56 bits per heavy atom. The molecule has 1 amide bonds. The molecule has 5 nitrogen and oxygen atoms in total. The van der Waals surface area contributed by atoms with Crippen LogP contribution in [0.5, 0.6) is 0 Å². The molecule has 0 aliphatic rings. The molecule has 0 unspecified atom stereocenters. The van der Waals surface area contributed by atoms with Crippen LogP contribution in [0.1, 0.15) is 16.3 Å². The van der Waals surface area contributed by atoms with E-state index in [-0.39, 0.29) is 12.5 Å². The topological polar surface area (TPSA) is 72.9 Å². The van der Waals surface area contributed by atoms with E-state index < -0.39 is 0 Å². The van der Waals surface area contributed by atoms with Gasteiger partial charge in [0.05, 0.1) is 23.6 Å². The Morgan fingerprint density at radius 3 is 2.89 bits per heavy atom. The number of hydrogen-bond acceptors (Lipinski definition) is 4. The number of hydrogen-bond donors (Lipinski definition) is 2. The first-order valence-electron chi connectivity index (χ1n) is 5.66. The Morgan fingerprint density at radius 2 is 2.33 bits per heavy atom. The fraction of sp³-hybridized carbons (Fsp3) is 0.333. The van der Waals surface area contributed by atoms with Crippen molar-refractivity contribution in [3.05, 3.63) is 33.8 Å². The van der Waals surface area contributed by atoms with E-state index in [0.29, 0.717) is 12.2 Å². The number of anilines is 1. The predicted molar refractivity (Wildman–Crippen MR) is 72.3 cm³/mol. The normalized spacial score (nSPS) is 10.6. The molecule has 96 valence electrons. The van der Waals surface area contributed by atoms with Gasteiger partial charge in [-0.15, -0.1) is 11.3 Å². The zero-order valence-corrected chi connectivity index (χ0v) is 11.3. The van der Waals surface area contributed by atoms with Crippen molar-refractivity contribution in [2.24, 2.45) is 0 Å². The third kappa shape index (κ3) is 2.70. The van der Waals surface area contributed by atoms with Crippen LogP contribution in [0.3, 0.4) is 0 Å². The minimum absolute atomic E-state index is 0.0611. The minimum Gasteiger partial charge on any atom is -0.396 e. The minimum atomic E-state index is -0.0611. The molecular weight excluding hydrogens is 248 g/mol. The highest BCUT2D eigenvalue weighted by Gasteiger charge is 2.11. The van der Waals surface area contributed by atoms with Crippen LogP contribution in [0, 0.1) is 13.8 Å². The number of thiophene rings is 1. The number of carbonyl (C=O) groups excluding carboxylic acids is 1. The maximum Gasteiger partial charge on any atom is 0.242 e. The van der Waals surface area contributed by atoms with Gasteiger partial charge in [-0.25, -0.2) is 0 Å². The zero-order chi connectivity index (χ0) is 13.1. The molecule has 0 saturated heterocycles. The highest BCUT2D eigenvalue weighted by molar-refractivity contribution is 7.09. The first kappa shape index (κ1) is 12.6. The fourth-order valence-electron chi connectivity index (χ4n) is 1.66. The summed E-state index contributed by atoms with van der Waals surface area (Å²) in [7, 11) is 0. The lowest BCUT2D eigenvalue weighted by Gasteiger charge is -2.05. The van der Waals surface area contributed by atoms with Gasteiger partial charge in [0.2, 0.25) is 5.91 Å². The molecule has 2 aromatic heterocycles. The number of rotatable bonds is 4. The van der Waals surface area contributed by atoms with Crippen molar-refractivity contribution >= 4 is 22.9 Å². The van der Waals surface area contributed by atoms with Crippen molar-refractivity contribution in [2.45, 2.75) is 26.9 Å². The summed E-state index contributed by atoms with van der Waals surface area (Å²) in [5.41, 5.74) is 8.06. The van der Waals surface area contributed by atoms with Crippen molar-refractivity contribution < 1.29 is 4.79 Å². The van der Waals surface area contributed by atoms with E-state index in [2.05, 4.69) is 10.4 Å². The fourth-order valence-corrected chi connectivity index (χ4v) is 2.30. The van der Waals surface area contributed by atoms with Crippen LogP contribution in [0.15, 0.2) is 17.5 Å². The van der Waals surface area contributed by atoms with Gasteiger partial charge in [0, 0.05) is 4.88 Å². The lowest BCUT2D eigenvalue weighted by Crippen LogP contribution is -2.27. The van der Waals surface area contributed by atoms with Gasteiger partial charge < -0.3 is 11.1 Å². The Hall–Kier alpha value is -1.82. The summed E-state index contributed by atoms with van der Waals surface area (Å²) in [6.45, 7) is 4.46. The smallest absolute Gasteiger partial charge is 0.242 e. The van der Waals surface area contributed by atoms with Crippen LogP contribution in [0.25, 0.3) is 0 Å². The third-order valence-electron chi connectivity index (χ3n) is 2.77. The Kier molecular flexibility index (Phi) is 3.66. The molecule has 6 heteroatoms. The van der Waals surface area contributed by atoms with E-state index >= 15 is 0 Å². The van der Waals surface area contributed by atoms with Gasteiger partial charge >= 0.3 is 0 Å². The Balaban J connectivity index is 1.93. The van der Waals surface area contributed by atoms with Crippen LogP contribution in [0.4, 0.5) is 5.69 Å². The van der Waals surface area contributed by atoms with Crippen LogP contribution < -0.4 is 11.1 Å². The standard InChI is InChI=1S/C12H16N4OS/c1-8-12(13)9(2)16(15-8)7-11(17)14-6-10-4-3-5-18-10/h3-5H,6-7,13H2,1-2H3,(H,14,17). The lowest BCUT2D eigenvalue weighted by atomic mass is 10.3. The van der Waals surface area contributed by atoms with Gasteiger partial charge in [0.15, 0.2) is 0 Å². The van der Waals surface area contributed by atoms with Crippen molar-refractivity contribution in [1.29, 1.82) is 0 Å². The number of aryl methyl sites for hydroxylation is 1. The van der Waals surface area contributed by atoms with Crippen molar-refractivity contribution in [3.63, 3.8) is 0 Å². The first-order chi connectivity index (χ1) is 8.58. The molecule has 0 saturated carbocycles. The molecule has 3 N–H and O–H groups in total. The molecule has 0 aliphatic carbocycles. The van der Waals surface area contributed by atoms with Gasteiger partial charge in [-0.2, -0.15) is 5.10 Å². The van der Waals surface area contributed by atoms with Gasteiger partial charge in [-0.1, -0.05) is 6.07 Å². The van der Waals surface area contributed by atoms with Crippen LogP contribution in [-0.4, -0.2) is 15.7 Å². The van der Waals surface area contributed by atoms with Crippen LogP contribution >= 0.6 is 11.3 Å². The number of nitrogens with zero attached hydrogens (tertiary/aromatic N) is 2. The largest absolute Gasteiger partial charge is 0.396 e. The maximum absolute atomic E-state index is 11.8. The second-order valence-corrected chi connectivity index (χ2v) is 5.13. The highest BCUT2D eigenvalue weighted by Crippen LogP contribution is 2.14. The summed E-state index contributed by atoms with van der Waals surface area (Å²) in [5.74, 6) is -0.0611. The van der Waals surface area contributed by atoms with Gasteiger partial charge in [-0.05, 0) is 25.3 Å². The van der Waals surface area contributed by atoms with Crippen LogP contribution in [0.2, 0.25) is 0 Å². The second kappa shape index (κ2) is 5.22. The summed E-state index contributed by atoms with van der Waals surface area (Å²) in [4.78, 5) is 12.9. The summed E-state index contributed by atoms with van der Waals surface area (Å²) < 4.78 is 1.63. The number of carbonyl (C=O) groups is 1. The number of aromatic nitrogens is 2. The van der Waals surface area contributed by atoms with E-state index in [9.17, 15) is 4.79 Å². The second-order valence-electron chi connectivity index (χ2n) is 4.10. The van der Waals surface area contributed by atoms with Crippen molar-refractivity contribution in [2.75, 3.05) is 5.73 Å². The van der Waals surface area contributed by atoms with E-state index in [0.717, 1.165) is 16.3 Å². The quantitative estimate of drug-likeness (QED) is 0.878. The number of amides is 1. The summed E-state index contributed by atoms with van der Waals surface area (Å²) >= 11 is 1.62. The van der Waals surface area contributed by atoms with Crippen LogP contribution in [-0.2, 0) is 17.9 Å². The van der Waals surface area contributed by atoms with E-state index in [1.165, 1.54) is 0 Å². The summed E-state index contributed by atoms with van der Waals surface area (Å²) in [6.07, 6.45) is 0. The molecule has 0 spiro atoms. The molecule has 2 aromatic rings. The van der Waals surface area contributed by atoms with E-state index in [1.807, 2.05) is 31.4 Å². The van der Waals surface area contributed by atoms with Gasteiger partial charge in [-0.3, -0.25) is 9.48 Å². The molecular formula is C12H16N4OS. The highest BCUT2D eigenvalue weighted by atomic mass is 32.1. The molecule has 2 rings (SSSR count). The molecule has 18 heavy (non-hydrogen) atoms. The summed E-state index contributed by atoms with van der Waals surface area (Å²) in [6, 6.07) is 3.96. The maximum atomic E-state index is 11.8. The molecule has 0 aromatic carbocycles. The number of nitrogens with two attached hydrogens (primary N) is 1. The molecule has 0 radical (unpaired) electrons. The average molecular weight is 264 g/mol. The van der Waals surface area contributed by atoms with E-state index in [1.54, 1.807) is 16.0 Å². The molecule has 0 atom stereocenters. The molecule has 0 bridgehead atoms. The lowest BCUT2D eigenvalue weighted by molar-refractivity contribution is -0.122. The predicted octanol–water partition coefficient (Wildman–Crippen LogP) is 1.46. The SMILES string of the molecule is Cc1nn(CC(=O)NCc2cccs2)c(C)c1N. The summed E-state index contributed by atoms with van der Waals surface area (Å²) in [5, 5.41) is 9.08. The monoisotopic (exact) mass is 264 g/mol. The number of nitrogen functional groups attached to an aromatic ring is 1. The van der Waals surface area contributed by atoms with Crippen molar-refractivity contribution in [1.82, 2.24) is 15.1 Å². The zero-order valence-electron chi connectivity index (χ0n) is 10.4. The number of nitrogens with one attached hydrogen (secondary N) is 1. The van der Waals surface area contributed by atoms with Gasteiger partial charge in [0.1, 0.15) is 6.54 Å². The Labute approximate surface area is 110 Å². The molecule has 0 fully saturated rings. The Bertz CT molecular complexity index is 545. The molecule has 2 heterocycles. The van der Waals surface area contributed by atoms with Gasteiger partial charge in [0.25, 0.3) is 0 Å². The first-order valence-corrected chi connectivity index (χ1v) is 6.54. The van der Waals surface area contributed by atoms with E-state index in [4.69, 9.17) is 5.73 Å². The molecule has 0 aliphatic heterocycles. The average Bonchev–Trinajstić information content (AvgIpc) is 2.93. The van der Waals surface area contributed by atoms with Crippen molar-refractivity contribution in [3.8, 4) is 0 Å². The third-order valence-corrected chi connectivity index (χ3v) is 3.65.